The van der Waals surface area contributed by atoms with Gasteiger partial charge in [0, 0.05) is 0 Å². The summed E-state index contributed by atoms with van der Waals surface area (Å²) >= 11 is 0. The molecule has 15 nitrogen and oxygen atoms in total. The number of carboxylic acids is 1. The van der Waals surface area contributed by atoms with Crippen molar-refractivity contribution in [3.8, 4) is 5.75 Å². The van der Waals surface area contributed by atoms with E-state index in [2.05, 4.69) is 0 Å². The van der Waals surface area contributed by atoms with E-state index < -0.39 is 86.4 Å². The Morgan fingerprint density at radius 3 is 1.86 bits per heavy atom. The lowest BCUT2D eigenvalue weighted by Gasteiger charge is -2.41. The quantitative estimate of drug-likeness (QED) is 0.0475. The zero-order valence-corrected chi connectivity index (χ0v) is 29.5. The smallest absolute Gasteiger partial charge is 0.339 e. The van der Waals surface area contributed by atoms with Crippen LogP contribution in [0, 0.1) is 0 Å². The third-order valence-corrected chi connectivity index (χ3v) is 9.35. The summed E-state index contributed by atoms with van der Waals surface area (Å²) < 4.78 is 15.6. The monoisotopic (exact) mass is 732 g/mol. The van der Waals surface area contributed by atoms with Crippen molar-refractivity contribution < 1.29 is 74.9 Å². The van der Waals surface area contributed by atoms with Gasteiger partial charge in [0.05, 0.1) is 19.3 Å². The van der Waals surface area contributed by atoms with Gasteiger partial charge >= 0.3 is 11.9 Å². The summed E-state index contributed by atoms with van der Waals surface area (Å²) in [6, 6.07) is 4.83. The number of aliphatic hydroxyl groups is 8. The van der Waals surface area contributed by atoms with Crippen molar-refractivity contribution in [3.63, 3.8) is 0 Å². The second-order valence-corrected chi connectivity index (χ2v) is 13.5. The first-order valence-corrected chi connectivity index (χ1v) is 18.2. The maximum atomic E-state index is 12.4. The molecule has 1 aliphatic rings. The third-order valence-electron chi connectivity index (χ3n) is 9.35. The summed E-state index contributed by atoms with van der Waals surface area (Å²) in [6.07, 6.45) is -1.91. The number of phenols is 1. The molecule has 0 spiro atoms. The van der Waals surface area contributed by atoms with Gasteiger partial charge in [0.1, 0.15) is 54.0 Å². The Hall–Kier alpha value is -2.44. The predicted molar refractivity (Wildman–Crippen MR) is 183 cm³/mol. The van der Waals surface area contributed by atoms with Crippen molar-refractivity contribution in [2.75, 3.05) is 13.2 Å². The van der Waals surface area contributed by atoms with Crippen LogP contribution in [0.1, 0.15) is 113 Å². The Kier molecular flexibility index (Phi) is 21.0. The van der Waals surface area contributed by atoms with Crippen LogP contribution >= 0.6 is 0 Å². The van der Waals surface area contributed by atoms with Crippen LogP contribution in [0.5, 0.6) is 5.75 Å². The van der Waals surface area contributed by atoms with E-state index in [9.17, 15) is 60.7 Å². The minimum atomic E-state index is -2.18. The molecule has 10 N–H and O–H groups in total. The van der Waals surface area contributed by atoms with Crippen molar-refractivity contribution in [2.24, 2.45) is 0 Å². The fraction of sp³-hybridized carbons (Fsp3) is 0.778. The number of ether oxygens (including phenoxy) is 3. The number of carbonyl (C=O) groups excluding carboxylic acids is 1. The molecule has 1 aliphatic heterocycles. The summed E-state index contributed by atoms with van der Waals surface area (Å²) in [5.74, 6) is -2.47. The van der Waals surface area contributed by atoms with E-state index in [1.54, 1.807) is 19.1 Å². The number of aryl methyl sites for hydroxylation is 1. The van der Waals surface area contributed by atoms with Crippen LogP contribution in [-0.4, -0.2) is 137 Å². The standard InChI is InChI=1S/C36H60O15/c1-22(49-35(48)32(44)30(42)28(40)25(20-37)50-36-33(45)31(43)29(41)26(21-38)51-36)16-13-11-9-7-5-3-2-4-6-8-10-12-14-17-23-18-15-19-24(39)27(23)34(46)47/h15,18-19,22,25-26,28-33,36-45H,2-14,16-17,20-21H2,1H3,(H,46,47)/t22-,25-,26?,28-,29-,30+,31?,32+,33?,36-/m1/s1. The van der Waals surface area contributed by atoms with Gasteiger partial charge < -0.3 is 65.3 Å². The molecule has 2 rings (SSSR count). The van der Waals surface area contributed by atoms with Gasteiger partial charge in [0.2, 0.25) is 0 Å². The fourth-order valence-electron chi connectivity index (χ4n) is 6.19. The van der Waals surface area contributed by atoms with Gasteiger partial charge in [-0.1, -0.05) is 82.8 Å². The number of carboxylic acid groups (broad SMARTS) is 1. The Balaban J connectivity index is 1.52. The van der Waals surface area contributed by atoms with Crippen molar-refractivity contribution in [1.82, 2.24) is 0 Å². The number of hydrogen-bond acceptors (Lipinski definition) is 14. The van der Waals surface area contributed by atoms with Crippen molar-refractivity contribution in [2.45, 2.75) is 164 Å². The molecule has 1 saturated heterocycles. The first-order chi connectivity index (χ1) is 24.3. The Morgan fingerprint density at radius 2 is 1.33 bits per heavy atom. The van der Waals surface area contributed by atoms with Crippen LogP contribution in [0.25, 0.3) is 0 Å². The molecular weight excluding hydrogens is 672 g/mol. The topological polar surface area (TPSA) is 264 Å². The van der Waals surface area contributed by atoms with Gasteiger partial charge in [-0.05, 0) is 44.2 Å². The summed E-state index contributed by atoms with van der Waals surface area (Å²) in [5, 5.41) is 99.1. The normalized spacial score (nSPS) is 23.7. The third kappa shape index (κ3) is 14.8. The van der Waals surface area contributed by atoms with E-state index in [4.69, 9.17) is 14.2 Å². The molecule has 1 fully saturated rings. The zero-order chi connectivity index (χ0) is 37.9. The lowest BCUT2D eigenvalue weighted by Crippen LogP contribution is -2.61. The molecule has 0 radical (unpaired) electrons. The number of rotatable bonds is 26. The highest BCUT2D eigenvalue weighted by Gasteiger charge is 2.46. The molecule has 294 valence electrons. The second kappa shape index (κ2) is 24.0. The van der Waals surface area contributed by atoms with Gasteiger partial charge in [-0.3, -0.25) is 0 Å². The number of benzene rings is 1. The minimum absolute atomic E-state index is 0.00392. The molecule has 0 saturated carbocycles. The van der Waals surface area contributed by atoms with Gasteiger partial charge in [-0.2, -0.15) is 0 Å². The molecule has 0 aromatic heterocycles. The zero-order valence-electron chi connectivity index (χ0n) is 29.5. The predicted octanol–water partition coefficient (Wildman–Crippen LogP) is 1.29. The largest absolute Gasteiger partial charge is 0.507 e. The molecule has 0 bridgehead atoms. The van der Waals surface area contributed by atoms with E-state index in [0.717, 1.165) is 57.8 Å². The minimum Gasteiger partial charge on any atom is -0.507 e. The second-order valence-electron chi connectivity index (χ2n) is 13.5. The fourth-order valence-corrected chi connectivity index (χ4v) is 6.19. The van der Waals surface area contributed by atoms with Crippen LogP contribution in [0.15, 0.2) is 18.2 Å². The number of carbonyl (C=O) groups is 2. The van der Waals surface area contributed by atoms with E-state index in [1.165, 1.54) is 31.7 Å². The molecule has 1 heterocycles. The van der Waals surface area contributed by atoms with Crippen LogP contribution in [0.2, 0.25) is 0 Å². The van der Waals surface area contributed by atoms with Crippen molar-refractivity contribution in [1.29, 1.82) is 0 Å². The first-order valence-electron chi connectivity index (χ1n) is 18.2. The van der Waals surface area contributed by atoms with E-state index >= 15 is 0 Å². The highest BCUT2D eigenvalue weighted by atomic mass is 16.7. The highest BCUT2D eigenvalue weighted by molar-refractivity contribution is 5.92. The number of esters is 1. The lowest BCUT2D eigenvalue weighted by atomic mass is 9.99. The molecular formula is C36H60O15. The van der Waals surface area contributed by atoms with Crippen LogP contribution < -0.4 is 0 Å². The van der Waals surface area contributed by atoms with E-state index in [1.807, 2.05) is 0 Å². The summed E-state index contributed by atoms with van der Waals surface area (Å²) in [5.41, 5.74) is 0.677. The lowest BCUT2D eigenvalue weighted by molar-refractivity contribution is -0.322. The van der Waals surface area contributed by atoms with Crippen LogP contribution in [-0.2, 0) is 25.4 Å². The average Bonchev–Trinajstić information content (AvgIpc) is 3.10. The maximum absolute atomic E-state index is 12.4. The van der Waals surface area contributed by atoms with Crippen molar-refractivity contribution >= 4 is 11.9 Å². The number of aliphatic hydroxyl groups excluding tert-OH is 8. The first kappa shape index (κ1) is 44.7. The summed E-state index contributed by atoms with van der Waals surface area (Å²) in [4.78, 5) is 23.8. The molecule has 0 amide bonds. The van der Waals surface area contributed by atoms with Gasteiger partial charge in [-0.15, -0.1) is 0 Å². The molecule has 3 unspecified atom stereocenters. The Morgan fingerprint density at radius 1 is 0.784 bits per heavy atom. The molecule has 1 aromatic carbocycles. The Bertz CT molecular complexity index is 1130. The summed E-state index contributed by atoms with van der Waals surface area (Å²) in [6.45, 7) is -0.0364. The van der Waals surface area contributed by atoms with E-state index in [-0.39, 0.29) is 11.3 Å². The highest BCUT2D eigenvalue weighted by Crippen LogP contribution is 2.25. The van der Waals surface area contributed by atoms with Gasteiger partial charge in [-0.25, -0.2) is 9.59 Å². The summed E-state index contributed by atoms with van der Waals surface area (Å²) in [7, 11) is 0. The number of hydrogen-bond donors (Lipinski definition) is 10. The average molecular weight is 733 g/mol. The molecule has 0 aliphatic carbocycles. The van der Waals surface area contributed by atoms with Gasteiger partial charge in [0.15, 0.2) is 12.4 Å². The molecule has 10 atom stereocenters. The Labute approximate surface area is 299 Å². The van der Waals surface area contributed by atoms with E-state index in [0.29, 0.717) is 18.4 Å². The van der Waals surface area contributed by atoms with Crippen LogP contribution in [0.4, 0.5) is 0 Å². The van der Waals surface area contributed by atoms with Crippen LogP contribution in [0.3, 0.4) is 0 Å². The van der Waals surface area contributed by atoms with Crippen molar-refractivity contribution in [3.05, 3.63) is 29.3 Å². The number of aromatic carboxylic acids is 1. The number of aromatic hydroxyl groups is 1. The maximum Gasteiger partial charge on any atom is 0.339 e. The SMILES string of the molecule is C[C@H](CCCCCCCCCCCCCCCc1cccc(O)c1C(=O)O)OC(=O)[C@@H](O)[C@@H](O)[C@H](O)[C@@H](CO)O[C@@H]1OC(CO)[C@@H](O)C(O)C1O. The van der Waals surface area contributed by atoms with Gasteiger partial charge in [0.25, 0.3) is 0 Å². The number of unbranched alkanes of at least 4 members (excludes halogenated alkanes) is 12. The molecule has 51 heavy (non-hydrogen) atoms. The molecule has 15 heteroatoms. The molecule has 1 aromatic rings.